The highest BCUT2D eigenvalue weighted by molar-refractivity contribution is 8.23. The molecule has 2 saturated heterocycles. The van der Waals surface area contributed by atoms with E-state index in [1.54, 1.807) is 0 Å². The van der Waals surface area contributed by atoms with Crippen LogP contribution in [0.1, 0.15) is 18.5 Å². The first-order chi connectivity index (χ1) is 16.3. The molecule has 0 bridgehead atoms. The fourth-order valence-corrected chi connectivity index (χ4v) is 5.13. The number of aromatic nitrogens is 2. The summed E-state index contributed by atoms with van der Waals surface area (Å²) in [5.41, 5.74) is 1.94. The van der Waals surface area contributed by atoms with Crippen LogP contribution in [0.25, 0.3) is 11.4 Å². The van der Waals surface area contributed by atoms with E-state index in [4.69, 9.17) is 14.5 Å². The molecule has 3 fully saturated rings. The summed E-state index contributed by atoms with van der Waals surface area (Å²) < 4.78 is 31.0. The zero-order valence-corrected chi connectivity index (χ0v) is 20.1. The molecule has 0 radical (unpaired) electrons. The quantitative estimate of drug-likeness (QED) is 0.585. The lowest BCUT2D eigenvalue weighted by Crippen LogP contribution is -2.52. The van der Waals surface area contributed by atoms with E-state index >= 15 is 0 Å². The summed E-state index contributed by atoms with van der Waals surface area (Å²) in [6.45, 7) is 4.45. The van der Waals surface area contributed by atoms with Gasteiger partial charge in [0, 0.05) is 43.2 Å². The molecule has 0 atom stereocenters. The number of morpholine rings is 2. The first-order valence-corrected chi connectivity index (χ1v) is 13.6. The molecule has 2 aliphatic heterocycles. The number of carbonyl (C=O) groups is 1. The van der Waals surface area contributed by atoms with Crippen molar-refractivity contribution in [1.29, 1.82) is 0 Å². The standard InChI is InChI=1S/C23H31N5O5S/c1-34(30,31)15-19-14-20(27-8-11-32-12-9-27)26-21(24-19)17-2-4-18(5-3-17)25-22(29)28-10-13-33-16-23(28)6-7-23/h2-5,14,30-31H,6-13,15-16H2,1H3,(H,25,29). The van der Waals surface area contributed by atoms with Crippen LogP contribution >= 0.6 is 10.6 Å². The molecule has 1 saturated carbocycles. The molecule has 34 heavy (non-hydrogen) atoms. The number of hydrogen-bond donors (Lipinski definition) is 3. The highest BCUT2D eigenvalue weighted by Gasteiger charge is 2.52. The van der Waals surface area contributed by atoms with Gasteiger partial charge in [-0.25, -0.2) is 14.8 Å². The van der Waals surface area contributed by atoms with Crippen molar-refractivity contribution in [2.24, 2.45) is 0 Å². The van der Waals surface area contributed by atoms with Gasteiger partial charge in [0.1, 0.15) is 5.82 Å². The fraction of sp³-hybridized carbons (Fsp3) is 0.522. The van der Waals surface area contributed by atoms with Crippen molar-refractivity contribution in [3.63, 3.8) is 0 Å². The number of hydrogen-bond acceptors (Lipinski definition) is 8. The van der Waals surface area contributed by atoms with Crippen molar-refractivity contribution in [3.05, 3.63) is 36.0 Å². The first-order valence-electron chi connectivity index (χ1n) is 11.5. The second kappa shape index (κ2) is 9.31. The molecule has 3 N–H and O–H groups in total. The summed E-state index contributed by atoms with van der Waals surface area (Å²) in [4.78, 5) is 26.2. The monoisotopic (exact) mass is 489 g/mol. The topological polar surface area (TPSA) is 120 Å². The Balaban J connectivity index is 1.35. The lowest BCUT2D eigenvalue weighted by molar-refractivity contribution is 0.00404. The minimum Gasteiger partial charge on any atom is -0.378 e. The van der Waals surface area contributed by atoms with Crippen LogP contribution < -0.4 is 10.2 Å². The van der Waals surface area contributed by atoms with Gasteiger partial charge in [-0.05, 0) is 37.1 Å². The number of nitrogens with one attached hydrogen (secondary N) is 1. The van der Waals surface area contributed by atoms with Gasteiger partial charge >= 0.3 is 6.03 Å². The SMILES string of the molecule is CS(O)(O)Cc1cc(N2CCOCC2)nc(-c2ccc(NC(=O)N3CCOCC34CC4)cc2)n1. The van der Waals surface area contributed by atoms with E-state index in [0.717, 1.165) is 24.2 Å². The van der Waals surface area contributed by atoms with Crippen molar-refractivity contribution < 1.29 is 23.4 Å². The number of amides is 2. The van der Waals surface area contributed by atoms with Crippen LogP contribution in [0.3, 0.4) is 0 Å². The summed E-state index contributed by atoms with van der Waals surface area (Å²) in [7, 11) is -2.75. The Kier molecular flexibility index (Phi) is 6.38. The third-order valence-electron chi connectivity index (χ3n) is 6.39. The maximum atomic E-state index is 12.8. The van der Waals surface area contributed by atoms with Crippen molar-refractivity contribution in [3.8, 4) is 11.4 Å². The van der Waals surface area contributed by atoms with E-state index in [0.29, 0.717) is 63.3 Å². The molecule has 2 aromatic rings. The number of rotatable bonds is 5. The van der Waals surface area contributed by atoms with Crippen LogP contribution in [-0.4, -0.2) is 87.9 Å². The second-order valence-electron chi connectivity index (χ2n) is 9.21. The molecular weight excluding hydrogens is 458 g/mol. The Morgan fingerprint density at radius 2 is 1.79 bits per heavy atom. The predicted octanol–water partition coefficient (Wildman–Crippen LogP) is 3.26. The van der Waals surface area contributed by atoms with Gasteiger partial charge < -0.3 is 24.6 Å². The van der Waals surface area contributed by atoms with Gasteiger partial charge in [-0.3, -0.25) is 9.11 Å². The van der Waals surface area contributed by atoms with Crippen molar-refractivity contribution in [2.75, 3.05) is 62.5 Å². The van der Waals surface area contributed by atoms with E-state index in [1.165, 1.54) is 6.26 Å². The van der Waals surface area contributed by atoms with E-state index in [2.05, 4.69) is 15.2 Å². The zero-order valence-electron chi connectivity index (χ0n) is 19.3. The summed E-state index contributed by atoms with van der Waals surface area (Å²) in [6, 6.07) is 9.13. The van der Waals surface area contributed by atoms with E-state index in [1.807, 2.05) is 35.2 Å². The van der Waals surface area contributed by atoms with Crippen LogP contribution in [0, 0.1) is 0 Å². The third-order valence-corrected chi connectivity index (χ3v) is 7.23. The van der Waals surface area contributed by atoms with Gasteiger partial charge in [-0.2, -0.15) is 10.6 Å². The Bertz CT molecular complexity index is 1040. The molecule has 3 heterocycles. The van der Waals surface area contributed by atoms with Gasteiger partial charge in [0.25, 0.3) is 0 Å². The summed E-state index contributed by atoms with van der Waals surface area (Å²) in [5.74, 6) is 1.31. The van der Waals surface area contributed by atoms with Gasteiger partial charge in [0.15, 0.2) is 5.82 Å². The lowest BCUT2D eigenvalue weighted by atomic mass is 10.2. The molecule has 3 aliphatic rings. The number of urea groups is 1. The molecule has 10 nitrogen and oxygen atoms in total. The Labute approximate surface area is 200 Å². The Morgan fingerprint density at radius 3 is 2.47 bits per heavy atom. The molecule has 0 unspecified atom stereocenters. The predicted molar refractivity (Wildman–Crippen MR) is 131 cm³/mol. The molecule has 1 aliphatic carbocycles. The fourth-order valence-electron chi connectivity index (χ4n) is 4.42. The molecule has 184 valence electrons. The molecule has 11 heteroatoms. The molecular formula is C23H31N5O5S. The van der Waals surface area contributed by atoms with Crippen LogP contribution in [0.15, 0.2) is 30.3 Å². The van der Waals surface area contributed by atoms with Gasteiger partial charge in [-0.1, -0.05) is 0 Å². The largest absolute Gasteiger partial charge is 0.378 e. The molecule has 5 rings (SSSR count). The molecule has 2 amide bonds. The number of nitrogens with zero attached hydrogens (tertiary/aromatic N) is 4. The number of benzene rings is 1. The molecule has 1 aromatic heterocycles. The maximum Gasteiger partial charge on any atom is 0.322 e. The van der Waals surface area contributed by atoms with Gasteiger partial charge in [-0.15, -0.1) is 0 Å². The normalized spacial score (nSPS) is 20.3. The van der Waals surface area contributed by atoms with Crippen LogP contribution in [0.2, 0.25) is 0 Å². The van der Waals surface area contributed by atoms with Crippen molar-refractivity contribution in [2.45, 2.75) is 24.1 Å². The lowest BCUT2D eigenvalue weighted by Gasteiger charge is -2.36. The van der Waals surface area contributed by atoms with Crippen LogP contribution in [0.5, 0.6) is 0 Å². The Morgan fingerprint density at radius 1 is 1.09 bits per heavy atom. The number of anilines is 2. The summed E-state index contributed by atoms with van der Waals surface area (Å²) in [5, 5.41) is 3.00. The van der Waals surface area contributed by atoms with Crippen LogP contribution in [0.4, 0.5) is 16.3 Å². The molecule has 1 spiro atoms. The second-order valence-corrected chi connectivity index (χ2v) is 11.5. The average molecular weight is 490 g/mol. The third kappa shape index (κ3) is 5.28. The molecule has 1 aromatic carbocycles. The van der Waals surface area contributed by atoms with E-state index in [-0.39, 0.29) is 17.3 Å². The van der Waals surface area contributed by atoms with Crippen LogP contribution in [-0.2, 0) is 15.2 Å². The average Bonchev–Trinajstić information content (AvgIpc) is 3.58. The van der Waals surface area contributed by atoms with E-state index < -0.39 is 10.6 Å². The number of carbonyl (C=O) groups excluding carboxylic acids is 1. The first kappa shape index (κ1) is 23.3. The van der Waals surface area contributed by atoms with Gasteiger partial charge in [0.2, 0.25) is 0 Å². The maximum absolute atomic E-state index is 12.8. The van der Waals surface area contributed by atoms with Gasteiger partial charge in [0.05, 0.1) is 43.4 Å². The summed E-state index contributed by atoms with van der Waals surface area (Å²) in [6.07, 6.45) is 3.39. The highest BCUT2D eigenvalue weighted by atomic mass is 32.3. The van der Waals surface area contributed by atoms with E-state index in [9.17, 15) is 13.9 Å². The Hall–Kier alpha value is -2.44. The minimum atomic E-state index is -2.75. The minimum absolute atomic E-state index is 0.0648. The summed E-state index contributed by atoms with van der Waals surface area (Å²) >= 11 is 0. The zero-order chi connectivity index (χ0) is 23.8. The smallest absolute Gasteiger partial charge is 0.322 e. The number of ether oxygens (including phenoxy) is 2. The van der Waals surface area contributed by atoms with Crippen molar-refractivity contribution in [1.82, 2.24) is 14.9 Å². The van der Waals surface area contributed by atoms with Crippen molar-refractivity contribution >= 4 is 28.1 Å². The highest BCUT2D eigenvalue weighted by Crippen LogP contribution is 2.44.